The van der Waals surface area contributed by atoms with Crippen molar-refractivity contribution in [2.75, 3.05) is 0 Å². The summed E-state index contributed by atoms with van der Waals surface area (Å²) in [6.07, 6.45) is 15.9. The first kappa shape index (κ1) is 38.1. The van der Waals surface area contributed by atoms with Crippen molar-refractivity contribution in [1.29, 1.82) is 0 Å². The molecule has 0 radical (unpaired) electrons. The van der Waals surface area contributed by atoms with Crippen LogP contribution in [0, 0.1) is 35.5 Å². The molecule has 46 heavy (non-hydrogen) atoms. The van der Waals surface area contributed by atoms with Crippen LogP contribution in [0.25, 0.3) is 0 Å². The van der Waals surface area contributed by atoms with Crippen molar-refractivity contribution in [3.63, 3.8) is 0 Å². The van der Waals surface area contributed by atoms with Gasteiger partial charge in [0.05, 0.1) is 0 Å². The molecule has 4 rings (SSSR count). The minimum atomic E-state index is 0.281. The lowest BCUT2D eigenvalue weighted by molar-refractivity contribution is 0.191. The van der Waals surface area contributed by atoms with Crippen LogP contribution in [0.2, 0.25) is 0 Å². The molecule has 2 fully saturated rings. The molecule has 2 saturated carbocycles. The van der Waals surface area contributed by atoms with Gasteiger partial charge in [-0.05, 0) is 134 Å². The summed E-state index contributed by atoms with van der Waals surface area (Å²) in [5.74, 6) is 5.38. The molecule has 2 aliphatic carbocycles. The Kier molecular flexibility index (Phi) is 15.1. The second-order valence-corrected chi connectivity index (χ2v) is 15.9. The molecule has 0 heterocycles. The summed E-state index contributed by atoms with van der Waals surface area (Å²) in [5, 5.41) is 42.4. The highest BCUT2D eigenvalue weighted by Gasteiger charge is 2.36. The van der Waals surface area contributed by atoms with Crippen LogP contribution >= 0.6 is 0 Å². The summed E-state index contributed by atoms with van der Waals surface area (Å²) in [4.78, 5) is 0. The SMILES string of the molecule is CCCCCc1cc(O)c([C@@H]2C[C@@H](C)CC[C@H]2C(C)C)c(O)c1.CCCCCc1cc(O)c([C@@H]2C[C@H](C)CC[C@H]2C(C)C)c(O)c1. The molecule has 260 valence electrons. The van der Waals surface area contributed by atoms with E-state index in [2.05, 4.69) is 55.4 Å². The lowest BCUT2D eigenvalue weighted by Crippen LogP contribution is -2.26. The maximum absolute atomic E-state index is 10.6. The minimum Gasteiger partial charge on any atom is -0.508 e. The van der Waals surface area contributed by atoms with E-state index in [9.17, 15) is 20.4 Å². The highest BCUT2D eigenvalue weighted by atomic mass is 16.3. The monoisotopic (exact) mass is 637 g/mol. The number of hydrogen-bond acceptors (Lipinski definition) is 4. The maximum Gasteiger partial charge on any atom is 0.123 e. The van der Waals surface area contributed by atoms with E-state index in [4.69, 9.17) is 0 Å². The average molecular weight is 637 g/mol. The van der Waals surface area contributed by atoms with Gasteiger partial charge in [-0.2, -0.15) is 0 Å². The van der Waals surface area contributed by atoms with E-state index in [-0.39, 0.29) is 11.8 Å². The van der Waals surface area contributed by atoms with Crippen LogP contribution in [0.3, 0.4) is 0 Å². The molecular weight excluding hydrogens is 568 g/mol. The van der Waals surface area contributed by atoms with Crippen LogP contribution in [0.4, 0.5) is 0 Å². The predicted octanol–water partition coefficient (Wildman–Crippen LogP) is 12.0. The van der Waals surface area contributed by atoms with E-state index in [1.807, 2.05) is 24.3 Å². The quantitative estimate of drug-likeness (QED) is 0.175. The van der Waals surface area contributed by atoms with Crippen LogP contribution in [0.15, 0.2) is 24.3 Å². The summed E-state index contributed by atoms with van der Waals surface area (Å²) in [6.45, 7) is 18.0. The Balaban J connectivity index is 0.000000250. The topological polar surface area (TPSA) is 80.9 Å². The standard InChI is InChI=1S/2C21H34O2/c2*1-5-6-7-8-16-12-19(22)21(20(23)13-16)18-11-15(4)9-10-17(18)14(2)3/h2*12-15,17-18,22-23H,5-11H2,1-4H3/t15-,17+,18-;15-,17-,18+/m10/s1. The molecule has 0 amide bonds. The first-order chi connectivity index (χ1) is 21.9. The molecule has 0 saturated heterocycles. The van der Waals surface area contributed by atoms with Gasteiger partial charge in [0.2, 0.25) is 0 Å². The molecule has 6 atom stereocenters. The van der Waals surface area contributed by atoms with Gasteiger partial charge >= 0.3 is 0 Å². The van der Waals surface area contributed by atoms with Gasteiger partial charge in [-0.3, -0.25) is 0 Å². The van der Waals surface area contributed by atoms with Crippen molar-refractivity contribution in [2.45, 2.75) is 157 Å². The number of aryl methyl sites for hydroxylation is 2. The summed E-state index contributed by atoms with van der Waals surface area (Å²) in [7, 11) is 0. The Bertz CT molecular complexity index is 1060. The number of hydrogen-bond donors (Lipinski definition) is 4. The molecule has 0 bridgehead atoms. The van der Waals surface area contributed by atoms with Gasteiger partial charge in [0.15, 0.2) is 0 Å². The zero-order valence-electron chi connectivity index (χ0n) is 30.6. The zero-order chi connectivity index (χ0) is 34.0. The molecule has 0 aliphatic heterocycles. The molecule has 4 nitrogen and oxygen atoms in total. The third-order valence-electron chi connectivity index (χ3n) is 11.3. The maximum atomic E-state index is 10.6. The molecular formula is C42H68O4. The van der Waals surface area contributed by atoms with Crippen molar-refractivity contribution >= 4 is 0 Å². The normalized spacial score (nSPS) is 25.0. The fraction of sp³-hybridized carbons (Fsp3) is 0.714. The third kappa shape index (κ3) is 10.3. The molecule has 2 aromatic rings. The van der Waals surface area contributed by atoms with Crippen molar-refractivity contribution in [3.05, 3.63) is 46.5 Å². The molecule has 0 spiro atoms. The Labute approximate surface area is 282 Å². The zero-order valence-corrected chi connectivity index (χ0v) is 30.6. The average Bonchev–Trinajstić information content (AvgIpc) is 2.97. The van der Waals surface area contributed by atoms with E-state index in [1.54, 1.807) is 0 Å². The first-order valence-electron chi connectivity index (χ1n) is 19.0. The number of unbranched alkanes of at least 4 members (excludes halogenated alkanes) is 4. The van der Waals surface area contributed by atoms with Crippen molar-refractivity contribution in [3.8, 4) is 23.0 Å². The smallest absolute Gasteiger partial charge is 0.123 e. The highest BCUT2D eigenvalue weighted by molar-refractivity contribution is 5.50. The lowest BCUT2D eigenvalue weighted by atomic mass is 9.67. The van der Waals surface area contributed by atoms with Gasteiger partial charge in [0.25, 0.3) is 0 Å². The fourth-order valence-electron chi connectivity index (χ4n) is 8.63. The van der Waals surface area contributed by atoms with Gasteiger partial charge in [0, 0.05) is 11.1 Å². The molecule has 4 heteroatoms. The number of phenolic OH excluding ortho intramolecular Hbond substituents is 4. The number of benzene rings is 2. The van der Waals surface area contributed by atoms with Gasteiger partial charge in [0.1, 0.15) is 23.0 Å². The summed E-state index contributed by atoms with van der Waals surface area (Å²) in [6, 6.07) is 7.56. The van der Waals surface area contributed by atoms with Crippen LogP contribution in [0.1, 0.15) is 167 Å². The summed E-state index contributed by atoms with van der Waals surface area (Å²) < 4.78 is 0. The van der Waals surface area contributed by atoms with Crippen LogP contribution in [-0.4, -0.2) is 20.4 Å². The molecule has 2 aromatic carbocycles. The lowest BCUT2D eigenvalue weighted by Gasteiger charge is -2.38. The number of phenols is 4. The number of rotatable bonds is 12. The Morgan fingerprint density at radius 2 is 0.870 bits per heavy atom. The van der Waals surface area contributed by atoms with E-state index >= 15 is 0 Å². The fourth-order valence-corrected chi connectivity index (χ4v) is 8.63. The second kappa shape index (κ2) is 18.3. The molecule has 0 aromatic heterocycles. The summed E-state index contributed by atoms with van der Waals surface area (Å²) in [5.41, 5.74) is 3.72. The van der Waals surface area contributed by atoms with Gasteiger partial charge < -0.3 is 20.4 Å². The number of aromatic hydroxyl groups is 4. The summed E-state index contributed by atoms with van der Waals surface area (Å²) >= 11 is 0. The molecule has 0 unspecified atom stereocenters. The van der Waals surface area contributed by atoms with E-state index in [1.165, 1.54) is 51.4 Å². The van der Waals surface area contributed by atoms with Crippen LogP contribution < -0.4 is 0 Å². The largest absolute Gasteiger partial charge is 0.508 e. The first-order valence-corrected chi connectivity index (χ1v) is 19.0. The van der Waals surface area contributed by atoms with Gasteiger partial charge in [-0.15, -0.1) is 0 Å². The van der Waals surface area contributed by atoms with Crippen molar-refractivity contribution in [2.24, 2.45) is 35.5 Å². The Morgan fingerprint density at radius 1 is 0.543 bits per heavy atom. The Morgan fingerprint density at radius 3 is 1.15 bits per heavy atom. The third-order valence-corrected chi connectivity index (χ3v) is 11.3. The van der Waals surface area contributed by atoms with Gasteiger partial charge in [-0.1, -0.05) is 93.9 Å². The predicted molar refractivity (Wildman–Crippen MR) is 194 cm³/mol. The van der Waals surface area contributed by atoms with E-state index < -0.39 is 0 Å². The second-order valence-electron chi connectivity index (χ2n) is 15.9. The highest BCUT2D eigenvalue weighted by Crippen LogP contribution is 2.51. The van der Waals surface area contributed by atoms with E-state index in [0.29, 0.717) is 58.5 Å². The van der Waals surface area contributed by atoms with E-state index in [0.717, 1.165) is 60.8 Å². The van der Waals surface area contributed by atoms with Gasteiger partial charge in [-0.25, -0.2) is 0 Å². The van der Waals surface area contributed by atoms with Crippen LogP contribution in [-0.2, 0) is 12.8 Å². The van der Waals surface area contributed by atoms with Crippen molar-refractivity contribution < 1.29 is 20.4 Å². The minimum absolute atomic E-state index is 0.281. The molecule has 4 N–H and O–H groups in total. The Hall–Kier alpha value is -2.36. The molecule has 2 aliphatic rings. The van der Waals surface area contributed by atoms with Crippen LogP contribution in [0.5, 0.6) is 23.0 Å². The van der Waals surface area contributed by atoms with Crippen molar-refractivity contribution in [1.82, 2.24) is 0 Å².